The molecule has 5 heteroatoms. The number of nitrogens with zero attached hydrogens (tertiary/aromatic N) is 2. The molecule has 1 saturated heterocycles. The second-order valence-electron chi connectivity index (χ2n) is 7.92. The van der Waals surface area contributed by atoms with E-state index in [9.17, 15) is 4.79 Å². The molecule has 0 spiro atoms. The molecule has 1 aliphatic rings. The van der Waals surface area contributed by atoms with Crippen molar-refractivity contribution in [2.24, 2.45) is 0 Å². The zero-order valence-corrected chi connectivity index (χ0v) is 17.6. The lowest BCUT2D eigenvalue weighted by atomic mass is 9.98. The minimum atomic E-state index is -0.485. The molecule has 4 nitrogen and oxygen atoms in total. The summed E-state index contributed by atoms with van der Waals surface area (Å²) >= 11 is 1.63. The number of hydrogen-bond donors (Lipinski definition) is 0. The molecule has 27 heavy (non-hydrogen) atoms. The molecule has 0 radical (unpaired) electrons. The second kappa shape index (κ2) is 7.85. The van der Waals surface area contributed by atoms with Gasteiger partial charge in [-0.15, -0.1) is 11.3 Å². The topological polar surface area (TPSA) is 42.4 Å². The van der Waals surface area contributed by atoms with Gasteiger partial charge in [0.25, 0.3) is 0 Å². The average Bonchev–Trinajstić information content (AvgIpc) is 3.24. The number of carbonyl (C=O) groups is 1. The number of ether oxygens (including phenoxy) is 1. The van der Waals surface area contributed by atoms with Gasteiger partial charge < -0.3 is 4.74 Å². The highest BCUT2D eigenvalue weighted by molar-refractivity contribution is 7.09. The quantitative estimate of drug-likeness (QED) is 0.654. The smallest absolute Gasteiger partial charge is 0.410 e. The summed E-state index contributed by atoms with van der Waals surface area (Å²) in [6, 6.07) is 8.36. The predicted octanol–water partition coefficient (Wildman–Crippen LogP) is 5.98. The van der Waals surface area contributed by atoms with E-state index >= 15 is 0 Å². The number of benzene rings is 1. The van der Waals surface area contributed by atoms with Gasteiger partial charge in [-0.25, -0.2) is 9.78 Å². The van der Waals surface area contributed by atoms with Gasteiger partial charge in [-0.1, -0.05) is 30.3 Å². The van der Waals surface area contributed by atoms with Gasteiger partial charge in [0.1, 0.15) is 10.6 Å². The van der Waals surface area contributed by atoms with E-state index in [4.69, 9.17) is 9.72 Å². The first-order valence-corrected chi connectivity index (χ1v) is 10.4. The Kier molecular flexibility index (Phi) is 5.70. The SMILES string of the molecule is C/C=C(/c1csc([C@@H]2CCCN2C(=O)OC(C)(C)C)n1)c1ccccc1C. The molecule has 0 aliphatic carbocycles. The van der Waals surface area contributed by atoms with Crippen LogP contribution >= 0.6 is 11.3 Å². The number of thiazole rings is 1. The monoisotopic (exact) mass is 384 g/mol. The first kappa shape index (κ1) is 19.6. The lowest BCUT2D eigenvalue weighted by Gasteiger charge is -2.27. The first-order chi connectivity index (χ1) is 12.8. The van der Waals surface area contributed by atoms with Crippen LogP contribution in [0.4, 0.5) is 4.79 Å². The van der Waals surface area contributed by atoms with E-state index in [0.29, 0.717) is 0 Å². The van der Waals surface area contributed by atoms with Crippen LogP contribution in [0.15, 0.2) is 35.7 Å². The third kappa shape index (κ3) is 4.41. The van der Waals surface area contributed by atoms with Crippen LogP contribution in [-0.2, 0) is 4.74 Å². The molecule has 1 aromatic carbocycles. The van der Waals surface area contributed by atoms with Crippen LogP contribution in [0.3, 0.4) is 0 Å². The number of rotatable bonds is 3. The van der Waals surface area contributed by atoms with Crippen molar-refractivity contribution < 1.29 is 9.53 Å². The van der Waals surface area contributed by atoms with E-state index in [-0.39, 0.29) is 12.1 Å². The summed E-state index contributed by atoms with van der Waals surface area (Å²) in [7, 11) is 0. The molecule has 1 aliphatic heterocycles. The number of aromatic nitrogens is 1. The van der Waals surface area contributed by atoms with Crippen LogP contribution in [0.2, 0.25) is 0 Å². The molecule has 1 amide bonds. The Bertz CT molecular complexity index is 848. The second-order valence-corrected chi connectivity index (χ2v) is 8.81. The van der Waals surface area contributed by atoms with Gasteiger partial charge in [-0.2, -0.15) is 0 Å². The van der Waals surface area contributed by atoms with Crippen LogP contribution < -0.4 is 0 Å². The fourth-order valence-corrected chi connectivity index (χ4v) is 4.41. The molecule has 2 aromatic rings. The van der Waals surface area contributed by atoms with Gasteiger partial charge in [0.2, 0.25) is 0 Å². The zero-order chi connectivity index (χ0) is 19.6. The maximum Gasteiger partial charge on any atom is 0.410 e. The molecule has 0 unspecified atom stereocenters. The van der Waals surface area contributed by atoms with E-state index in [1.807, 2.05) is 32.6 Å². The van der Waals surface area contributed by atoms with Crippen LogP contribution in [0.5, 0.6) is 0 Å². The van der Waals surface area contributed by atoms with Crippen LogP contribution in [-0.4, -0.2) is 28.1 Å². The molecular formula is C22H28N2O2S. The summed E-state index contributed by atoms with van der Waals surface area (Å²) in [6.07, 6.45) is 3.78. The van der Waals surface area contributed by atoms with Crippen molar-refractivity contribution in [2.75, 3.05) is 6.54 Å². The first-order valence-electron chi connectivity index (χ1n) is 9.48. The Morgan fingerprint density at radius 3 is 2.74 bits per heavy atom. The van der Waals surface area contributed by atoms with Crippen molar-refractivity contribution in [1.29, 1.82) is 0 Å². The largest absolute Gasteiger partial charge is 0.444 e. The summed E-state index contributed by atoms with van der Waals surface area (Å²) in [5.74, 6) is 0. The van der Waals surface area contributed by atoms with Crippen LogP contribution in [0.1, 0.15) is 68.4 Å². The molecular weight excluding hydrogens is 356 g/mol. The lowest BCUT2D eigenvalue weighted by Crippen LogP contribution is -2.36. The number of hydrogen-bond acceptors (Lipinski definition) is 4. The highest BCUT2D eigenvalue weighted by Crippen LogP contribution is 2.36. The van der Waals surface area contributed by atoms with Crippen molar-refractivity contribution in [3.8, 4) is 0 Å². The van der Waals surface area contributed by atoms with Crippen molar-refractivity contribution in [3.63, 3.8) is 0 Å². The van der Waals surface area contributed by atoms with Gasteiger partial charge in [-0.3, -0.25) is 4.90 Å². The van der Waals surface area contributed by atoms with Gasteiger partial charge in [0.05, 0.1) is 11.7 Å². The highest BCUT2D eigenvalue weighted by Gasteiger charge is 2.35. The lowest BCUT2D eigenvalue weighted by molar-refractivity contribution is 0.0224. The molecule has 1 atom stereocenters. The number of carbonyl (C=O) groups excluding carboxylic acids is 1. The molecule has 3 rings (SSSR count). The Labute approximate surface area is 165 Å². The highest BCUT2D eigenvalue weighted by atomic mass is 32.1. The van der Waals surface area contributed by atoms with Crippen molar-refractivity contribution >= 4 is 23.0 Å². The number of aryl methyl sites for hydroxylation is 1. The minimum Gasteiger partial charge on any atom is -0.444 e. The summed E-state index contributed by atoms with van der Waals surface area (Å²) in [4.78, 5) is 19.3. The van der Waals surface area contributed by atoms with Gasteiger partial charge in [0, 0.05) is 17.5 Å². The third-order valence-corrected chi connectivity index (χ3v) is 5.63. The van der Waals surface area contributed by atoms with E-state index in [0.717, 1.165) is 35.7 Å². The summed E-state index contributed by atoms with van der Waals surface area (Å²) in [5.41, 5.74) is 4.06. The molecule has 144 valence electrons. The van der Waals surface area contributed by atoms with Crippen LogP contribution in [0, 0.1) is 6.92 Å². The Morgan fingerprint density at radius 2 is 2.07 bits per heavy atom. The maximum atomic E-state index is 12.6. The number of allylic oxidation sites excluding steroid dienone is 1. The molecule has 0 N–H and O–H groups in total. The van der Waals surface area contributed by atoms with Gasteiger partial charge >= 0.3 is 6.09 Å². The predicted molar refractivity (Wildman–Crippen MR) is 111 cm³/mol. The van der Waals surface area contributed by atoms with Crippen LogP contribution in [0.25, 0.3) is 5.57 Å². The van der Waals surface area contributed by atoms with Crippen molar-refractivity contribution in [1.82, 2.24) is 9.88 Å². The number of likely N-dealkylation sites (tertiary alicyclic amines) is 1. The van der Waals surface area contributed by atoms with E-state index in [1.165, 1.54) is 11.1 Å². The Balaban J connectivity index is 1.84. The summed E-state index contributed by atoms with van der Waals surface area (Å²) < 4.78 is 5.59. The minimum absolute atomic E-state index is 0.00794. The van der Waals surface area contributed by atoms with Crippen molar-refractivity contribution in [3.05, 3.63) is 57.6 Å². The Hall–Kier alpha value is -2.14. The fourth-order valence-electron chi connectivity index (χ4n) is 3.44. The van der Waals surface area contributed by atoms with E-state index in [2.05, 4.69) is 42.6 Å². The molecule has 1 fully saturated rings. The zero-order valence-electron chi connectivity index (χ0n) is 16.8. The molecule has 0 bridgehead atoms. The van der Waals surface area contributed by atoms with Crippen molar-refractivity contribution in [2.45, 2.75) is 59.1 Å². The normalized spacial score (nSPS) is 18.0. The fraction of sp³-hybridized carbons (Fsp3) is 0.455. The average molecular weight is 385 g/mol. The summed E-state index contributed by atoms with van der Waals surface area (Å²) in [5, 5.41) is 3.09. The standard InChI is InChI=1S/C22H28N2O2S/c1-6-16(17-11-8-7-10-15(17)2)18-14-27-20(23-18)19-12-9-13-24(19)21(25)26-22(3,4)5/h6-8,10-11,14,19H,9,12-13H2,1-5H3/b16-6+/t19-/m0/s1. The van der Waals surface area contributed by atoms with E-state index < -0.39 is 5.60 Å². The Morgan fingerprint density at radius 1 is 1.33 bits per heavy atom. The molecule has 0 saturated carbocycles. The number of amides is 1. The van der Waals surface area contributed by atoms with Gasteiger partial charge in [-0.05, 0) is 58.6 Å². The van der Waals surface area contributed by atoms with Gasteiger partial charge in [0.15, 0.2) is 0 Å². The third-order valence-electron chi connectivity index (χ3n) is 4.69. The summed E-state index contributed by atoms with van der Waals surface area (Å²) in [6.45, 7) is 10.6. The molecule has 2 heterocycles. The van der Waals surface area contributed by atoms with E-state index in [1.54, 1.807) is 11.3 Å². The maximum absolute atomic E-state index is 12.6. The molecule has 1 aromatic heterocycles.